The smallest absolute Gasteiger partial charge is 0.177 e. The van der Waals surface area contributed by atoms with Crippen molar-refractivity contribution in [2.24, 2.45) is 13.0 Å². The van der Waals surface area contributed by atoms with Gasteiger partial charge in [-0.1, -0.05) is 32.8 Å². The number of rotatable bonds is 6. The molecule has 2 N–H and O–H groups in total. The van der Waals surface area contributed by atoms with Gasteiger partial charge in [-0.25, -0.2) is 0 Å². The third-order valence-electron chi connectivity index (χ3n) is 4.62. The van der Waals surface area contributed by atoms with Gasteiger partial charge in [-0.15, -0.1) is 11.8 Å². The van der Waals surface area contributed by atoms with Crippen LogP contribution in [0.4, 0.5) is 5.82 Å². The minimum atomic E-state index is 0.713. The van der Waals surface area contributed by atoms with E-state index in [4.69, 9.17) is 10.8 Å². The number of nitrogen functional groups attached to an aromatic ring is 1. The maximum atomic E-state index is 6.50. The Morgan fingerprint density at radius 1 is 1.33 bits per heavy atom. The van der Waals surface area contributed by atoms with Gasteiger partial charge in [0.2, 0.25) is 0 Å². The molecule has 1 unspecified atom stereocenters. The fourth-order valence-corrected chi connectivity index (χ4v) is 4.22. The monoisotopic (exact) mass is 345 g/mol. The molecular formula is C18H27N5S. The van der Waals surface area contributed by atoms with Crippen LogP contribution < -0.4 is 5.73 Å². The first-order valence-corrected chi connectivity index (χ1v) is 9.83. The lowest BCUT2D eigenvalue weighted by atomic mass is 9.85. The van der Waals surface area contributed by atoms with E-state index in [2.05, 4.69) is 25.0 Å². The highest BCUT2D eigenvalue weighted by atomic mass is 32.2. The van der Waals surface area contributed by atoms with Crippen LogP contribution in [0.3, 0.4) is 0 Å². The van der Waals surface area contributed by atoms with Crippen LogP contribution in [-0.4, -0.2) is 25.3 Å². The first-order chi connectivity index (χ1) is 11.6. The average molecular weight is 346 g/mol. The van der Waals surface area contributed by atoms with E-state index in [0.717, 1.165) is 40.9 Å². The summed E-state index contributed by atoms with van der Waals surface area (Å²) < 4.78 is 3.56. The fourth-order valence-electron chi connectivity index (χ4n) is 3.43. The lowest BCUT2D eigenvalue weighted by Gasteiger charge is -2.21. The molecule has 0 radical (unpaired) electrons. The number of hydrogen-bond donors (Lipinski definition) is 1. The molecule has 0 bridgehead atoms. The number of aromatic nitrogens is 4. The second-order valence-electron chi connectivity index (χ2n) is 6.42. The Labute approximate surface area is 148 Å². The summed E-state index contributed by atoms with van der Waals surface area (Å²) in [5.41, 5.74) is 8.98. The highest BCUT2D eigenvalue weighted by Crippen LogP contribution is 2.39. The molecule has 2 aromatic heterocycles. The molecule has 5 nitrogen and oxygen atoms in total. The molecule has 1 atom stereocenters. The predicted octanol–water partition coefficient (Wildman–Crippen LogP) is 4.28. The Hall–Kier alpha value is -1.69. The molecule has 0 spiro atoms. The molecule has 2 heterocycles. The molecule has 0 aliphatic heterocycles. The second-order valence-corrected chi connectivity index (χ2v) is 7.67. The summed E-state index contributed by atoms with van der Waals surface area (Å²) in [6, 6.07) is 1.94. The van der Waals surface area contributed by atoms with Crippen LogP contribution in [0.25, 0.3) is 11.4 Å². The van der Waals surface area contributed by atoms with Crippen molar-refractivity contribution in [3.8, 4) is 5.82 Å². The van der Waals surface area contributed by atoms with Crippen molar-refractivity contribution in [2.45, 2.75) is 51.0 Å². The van der Waals surface area contributed by atoms with Crippen LogP contribution in [-0.2, 0) is 7.05 Å². The van der Waals surface area contributed by atoms with E-state index in [1.807, 2.05) is 19.3 Å². The summed E-state index contributed by atoms with van der Waals surface area (Å²) in [4.78, 5) is 0. The van der Waals surface area contributed by atoms with Crippen molar-refractivity contribution in [2.75, 3.05) is 11.5 Å². The summed E-state index contributed by atoms with van der Waals surface area (Å²) >= 11 is 1.76. The summed E-state index contributed by atoms with van der Waals surface area (Å²) in [5, 5.41) is 10.2. The Morgan fingerprint density at radius 3 is 2.75 bits per heavy atom. The van der Waals surface area contributed by atoms with E-state index in [1.54, 1.807) is 21.1 Å². The topological polar surface area (TPSA) is 61.7 Å². The lowest BCUT2D eigenvalue weighted by molar-refractivity contribution is 0.445. The minimum absolute atomic E-state index is 0.713. The lowest BCUT2D eigenvalue weighted by Crippen LogP contribution is -2.07. The van der Waals surface area contributed by atoms with Gasteiger partial charge in [-0.2, -0.15) is 14.9 Å². The van der Waals surface area contributed by atoms with Gasteiger partial charge in [0.25, 0.3) is 0 Å². The SMILES string of the molecule is CCCC1CC=C(c2c(SCC)nn(-c3ccn(C)n3)c2N)CC1. The molecular weight excluding hydrogens is 318 g/mol. The largest absolute Gasteiger partial charge is 0.383 e. The third kappa shape index (κ3) is 3.38. The molecule has 24 heavy (non-hydrogen) atoms. The number of aryl methyl sites for hydroxylation is 1. The van der Waals surface area contributed by atoms with E-state index in [1.165, 1.54) is 24.8 Å². The second kappa shape index (κ2) is 7.47. The van der Waals surface area contributed by atoms with Crippen LogP contribution in [0, 0.1) is 5.92 Å². The maximum absolute atomic E-state index is 6.50. The Kier molecular flexibility index (Phi) is 5.33. The van der Waals surface area contributed by atoms with Gasteiger partial charge in [-0.3, -0.25) is 4.68 Å². The quantitative estimate of drug-likeness (QED) is 0.794. The molecule has 130 valence electrons. The van der Waals surface area contributed by atoms with Crippen LogP contribution in [0.1, 0.15) is 51.5 Å². The van der Waals surface area contributed by atoms with Crippen LogP contribution in [0.2, 0.25) is 0 Å². The maximum Gasteiger partial charge on any atom is 0.177 e. The number of anilines is 1. The van der Waals surface area contributed by atoms with Crippen LogP contribution in [0.5, 0.6) is 0 Å². The number of allylic oxidation sites excluding steroid dienone is 2. The van der Waals surface area contributed by atoms with Crippen LogP contribution >= 0.6 is 11.8 Å². The first-order valence-electron chi connectivity index (χ1n) is 8.84. The Balaban J connectivity index is 1.96. The van der Waals surface area contributed by atoms with E-state index in [9.17, 15) is 0 Å². The van der Waals surface area contributed by atoms with Crippen molar-refractivity contribution in [1.29, 1.82) is 0 Å². The highest BCUT2D eigenvalue weighted by Gasteiger charge is 2.24. The molecule has 2 aromatic rings. The first kappa shape index (κ1) is 17.1. The number of nitrogens with zero attached hydrogens (tertiary/aromatic N) is 4. The zero-order valence-electron chi connectivity index (χ0n) is 14.8. The van der Waals surface area contributed by atoms with Crippen molar-refractivity contribution in [3.05, 3.63) is 23.9 Å². The standard InChI is InChI=1S/C18H27N5S/c1-4-6-13-7-9-14(10-8-13)16-17(19)23(21-18(16)24-5-2)15-11-12-22(3)20-15/h9,11-13H,4-8,10,19H2,1-3H3. The number of hydrogen-bond acceptors (Lipinski definition) is 4. The molecule has 0 saturated carbocycles. The molecule has 6 heteroatoms. The van der Waals surface area contributed by atoms with E-state index >= 15 is 0 Å². The van der Waals surface area contributed by atoms with Gasteiger partial charge >= 0.3 is 0 Å². The summed E-state index contributed by atoms with van der Waals surface area (Å²) in [6.45, 7) is 4.42. The van der Waals surface area contributed by atoms with Gasteiger partial charge < -0.3 is 5.73 Å². The molecule has 1 aliphatic carbocycles. The Morgan fingerprint density at radius 2 is 2.17 bits per heavy atom. The van der Waals surface area contributed by atoms with Gasteiger partial charge in [0.15, 0.2) is 5.82 Å². The van der Waals surface area contributed by atoms with Gasteiger partial charge in [0.1, 0.15) is 10.8 Å². The average Bonchev–Trinajstić information content (AvgIpc) is 3.13. The van der Waals surface area contributed by atoms with E-state index in [0.29, 0.717) is 5.82 Å². The number of thioether (sulfide) groups is 1. The van der Waals surface area contributed by atoms with Gasteiger partial charge in [-0.05, 0) is 36.5 Å². The zero-order chi connectivity index (χ0) is 17.1. The highest BCUT2D eigenvalue weighted by molar-refractivity contribution is 7.99. The fraction of sp³-hybridized carbons (Fsp3) is 0.556. The summed E-state index contributed by atoms with van der Waals surface area (Å²) in [5.74, 6) is 3.30. The van der Waals surface area contributed by atoms with Gasteiger partial charge in [0.05, 0.1) is 5.56 Å². The van der Waals surface area contributed by atoms with Crippen molar-refractivity contribution in [1.82, 2.24) is 19.6 Å². The van der Waals surface area contributed by atoms with Gasteiger partial charge in [0, 0.05) is 19.3 Å². The van der Waals surface area contributed by atoms with Crippen LogP contribution in [0.15, 0.2) is 23.4 Å². The van der Waals surface area contributed by atoms with E-state index < -0.39 is 0 Å². The molecule has 0 amide bonds. The molecule has 0 saturated heterocycles. The van der Waals surface area contributed by atoms with E-state index in [-0.39, 0.29) is 0 Å². The summed E-state index contributed by atoms with van der Waals surface area (Å²) in [6.07, 6.45) is 10.4. The van der Waals surface area contributed by atoms with Crippen molar-refractivity contribution < 1.29 is 0 Å². The molecule has 3 rings (SSSR count). The summed E-state index contributed by atoms with van der Waals surface area (Å²) in [7, 11) is 1.91. The molecule has 1 aliphatic rings. The zero-order valence-corrected chi connectivity index (χ0v) is 15.6. The predicted molar refractivity (Wildman–Crippen MR) is 101 cm³/mol. The normalized spacial score (nSPS) is 18.0. The minimum Gasteiger partial charge on any atom is -0.383 e. The Bertz CT molecular complexity index is 728. The molecule has 0 aromatic carbocycles. The van der Waals surface area contributed by atoms with Crippen molar-refractivity contribution >= 4 is 23.2 Å². The van der Waals surface area contributed by atoms with Crippen molar-refractivity contribution in [3.63, 3.8) is 0 Å². The number of nitrogens with two attached hydrogens (primary N) is 1. The third-order valence-corrected chi connectivity index (χ3v) is 5.47. The molecule has 0 fully saturated rings.